The van der Waals surface area contributed by atoms with E-state index in [-0.39, 0.29) is 18.1 Å². The Hall–Kier alpha value is -5.27. The molecular weight excluding hydrogens is 586 g/mol. The normalized spacial score (nSPS) is 16.0. The Morgan fingerprint density at radius 3 is 2.38 bits per heavy atom. The number of carbonyl (C=O) groups excluding carboxylic acids is 1. The number of amides is 2. The number of nitrogens with one attached hydrogen (secondary N) is 2. The van der Waals surface area contributed by atoms with Crippen LogP contribution in [0.5, 0.6) is 0 Å². The number of anilines is 2. The van der Waals surface area contributed by atoms with E-state index in [1.807, 2.05) is 67.8 Å². The highest BCUT2D eigenvalue weighted by Crippen LogP contribution is 2.30. The largest absolute Gasteiger partial charge is 0.351 e. The van der Waals surface area contributed by atoms with Crippen molar-refractivity contribution in [1.82, 2.24) is 30.0 Å². The molecule has 0 saturated heterocycles. The molecule has 2 amide bonds. The molecule has 3 heterocycles. The van der Waals surface area contributed by atoms with E-state index in [0.29, 0.717) is 34.6 Å². The number of rotatable bonds is 8. The van der Waals surface area contributed by atoms with Crippen molar-refractivity contribution in [2.24, 2.45) is 7.05 Å². The van der Waals surface area contributed by atoms with Crippen LogP contribution in [0.15, 0.2) is 91.5 Å². The lowest BCUT2D eigenvalue weighted by molar-refractivity contribution is 0.240. The van der Waals surface area contributed by atoms with Crippen LogP contribution >= 0.6 is 11.6 Å². The predicted molar refractivity (Wildman–Crippen MR) is 174 cm³/mol. The lowest BCUT2D eigenvalue weighted by Crippen LogP contribution is -2.49. The van der Waals surface area contributed by atoms with Crippen LogP contribution in [0.2, 0.25) is 5.02 Å². The highest BCUT2D eigenvalue weighted by molar-refractivity contribution is 6.30. The maximum atomic E-state index is 13.7. The molecule has 2 N–H and O–H groups in total. The average Bonchev–Trinajstić information content (AvgIpc) is 3.52. The zero-order valence-electron chi connectivity index (χ0n) is 24.8. The van der Waals surface area contributed by atoms with E-state index in [2.05, 4.69) is 31.8 Å². The minimum absolute atomic E-state index is 0.0397. The Kier molecular flexibility index (Phi) is 8.99. The van der Waals surface area contributed by atoms with Gasteiger partial charge in [0.1, 0.15) is 11.9 Å². The molecule has 45 heavy (non-hydrogen) atoms. The van der Waals surface area contributed by atoms with Gasteiger partial charge in [0.15, 0.2) is 0 Å². The summed E-state index contributed by atoms with van der Waals surface area (Å²) in [7, 11) is 1.88. The molecule has 5 aromatic rings. The van der Waals surface area contributed by atoms with E-state index in [4.69, 9.17) is 16.6 Å². The Labute approximate surface area is 266 Å². The minimum Gasteiger partial charge on any atom is -0.351 e. The summed E-state index contributed by atoms with van der Waals surface area (Å²) in [4.78, 5) is 29.3. The topological polar surface area (TPSA) is 125 Å². The average molecular weight is 618 g/mol. The third-order valence-corrected chi connectivity index (χ3v) is 8.21. The van der Waals surface area contributed by atoms with Gasteiger partial charge in [-0.1, -0.05) is 54.1 Å². The molecule has 0 unspecified atom stereocenters. The number of benzene rings is 2. The van der Waals surface area contributed by atoms with Gasteiger partial charge in [0.25, 0.3) is 0 Å². The summed E-state index contributed by atoms with van der Waals surface area (Å²) in [6.45, 7) is 0.423. The van der Waals surface area contributed by atoms with Crippen molar-refractivity contribution < 1.29 is 4.79 Å². The van der Waals surface area contributed by atoms with Crippen molar-refractivity contribution in [2.75, 3.05) is 10.2 Å². The van der Waals surface area contributed by atoms with Crippen LogP contribution in [-0.2, 0) is 13.6 Å². The van der Waals surface area contributed by atoms with Gasteiger partial charge in [0, 0.05) is 59.8 Å². The molecule has 3 aromatic heterocycles. The van der Waals surface area contributed by atoms with E-state index in [0.717, 1.165) is 47.9 Å². The summed E-state index contributed by atoms with van der Waals surface area (Å²) in [5.41, 5.74) is 4.67. The van der Waals surface area contributed by atoms with Crippen molar-refractivity contribution in [3.8, 4) is 28.5 Å². The van der Waals surface area contributed by atoms with Gasteiger partial charge in [-0.05, 0) is 55.5 Å². The van der Waals surface area contributed by atoms with E-state index >= 15 is 0 Å². The number of nitrogens with zero attached hydrogens (tertiary/aromatic N) is 7. The predicted octanol–water partition coefficient (Wildman–Crippen LogP) is 6.60. The lowest BCUT2D eigenvalue weighted by Gasteiger charge is -2.36. The first kappa shape index (κ1) is 29.8. The third kappa shape index (κ3) is 7.11. The summed E-state index contributed by atoms with van der Waals surface area (Å²) in [5, 5.41) is 21.0. The van der Waals surface area contributed by atoms with Crippen LogP contribution < -0.4 is 15.5 Å². The molecule has 0 bridgehead atoms. The number of nitriles is 1. The number of hydrogen-bond donors (Lipinski definition) is 2. The molecule has 2 aromatic carbocycles. The summed E-state index contributed by atoms with van der Waals surface area (Å²) in [6, 6.07) is 23.0. The van der Waals surface area contributed by atoms with Crippen LogP contribution in [0.1, 0.15) is 36.8 Å². The second-order valence-corrected chi connectivity index (χ2v) is 11.5. The molecule has 0 radical (unpaired) electrons. The number of carbonyl (C=O) groups is 1. The standard InChI is InChI=1S/C34H32ClN9O/c1-43-22-27(21-40-43)25-9-16-31(37-19-25)44(34(45)39-18-23-5-3-2-4-6-23)30-14-12-29(13-15-30)41-33-38-20-26(17-36)32(42-33)24-7-10-28(35)11-8-24/h2-11,16,19-22,29-30H,12-15,18H2,1H3,(H,39,45)(H,38,41,42). The smallest absolute Gasteiger partial charge is 0.323 e. The summed E-state index contributed by atoms with van der Waals surface area (Å²) in [5.74, 6) is 1.07. The number of hydrogen-bond acceptors (Lipinski definition) is 7. The number of halogens is 1. The Morgan fingerprint density at radius 1 is 0.956 bits per heavy atom. The lowest BCUT2D eigenvalue weighted by atomic mass is 9.90. The first-order chi connectivity index (χ1) is 22.0. The number of pyridine rings is 1. The summed E-state index contributed by atoms with van der Waals surface area (Å²) >= 11 is 6.06. The Bertz CT molecular complexity index is 1790. The summed E-state index contributed by atoms with van der Waals surface area (Å²) < 4.78 is 1.75. The van der Waals surface area contributed by atoms with Gasteiger partial charge in [-0.15, -0.1) is 0 Å². The summed E-state index contributed by atoms with van der Waals surface area (Å²) in [6.07, 6.45) is 10.2. The molecule has 0 atom stereocenters. The van der Waals surface area contributed by atoms with Gasteiger partial charge in [0.2, 0.25) is 5.95 Å². The van der Waals surface area contributed by atoms with E-state index < -0.39 is 0 Å². The van der Waals surface area contributed by atoms with Gasteiger partial charge in [-0.3, -0.25) is 9.58 Å². The van der Waals surface area contributed by atoms with Gasteiger partial charge in [-0.2, -0.15) is 10.4 Å². The minimum atomic E-state index is -0.181. The zero-order valence-corrected chi connectivity index (χ0v) is 25.5. The van der Waals surface area contributed by atoms with Crippen molar-refractivity contribution in [2.45, 2.75) is 44.3 Å². The molecule has 0 spiro atoms. The second kappa shape index (κ2) is 13.6. The fourth-order valence-corrected chi connectivity index (χ4v) is 5.73. The van der Waals surface area contributed by atoms with Crippen LogP contribution in [-0.4, -0.2) is 42.8 Å². The van der Waals surface area contributed by atoms with Gasteiger partial charge >= 0.3 is 6.03 Å². The monoisotopic (exact) mass is 617 g/mol. The third-order valence-electron chi connectivity index (χ3n) is 7.96. The fourth-order valence-electron chi connectivity index (χ4n) is 5.61. The van der Waals surface area contributed by atoms with Crippen LogP contribution in [0.25, 0.3) is 22.4 Å². The highest BCUT2D eigenvalue weighted by atomic mass is 35.5. The number of urea groups is 1. The molecule has 1 fully saturated rings. The SMILES string of the molecule is Cn1cc(-c2ccc(N(C(=O)NCc3ccccc3)C3CCC(Nc4ncc(C#N)c(-c5ccc(Cl)cc5)n4)CC3)nc2)cn1. The van der Waals surface area contributed by atoms with Gasteiger partial charge in [0.05, 0.1) is 23.7 Å². The molecule has 11 heteroatoms. The van der Waals surface area contributed by atoms with Crippen molar-refractivity contribution >= 4 is 29.4 Å². The first-order valence-electron chi connectivity index (χ1n) is 14.8. The van der Waals surface area contributed by atoms with Gasteiger partial charge < -0.3 is 10.6 Å². The quantitative estimate of drug-likeness (QED) is 0.201. The Balaban J connectivity index is 1.17. The number of aryl methyl sites for hydroxylation is 1. The van der Waals surface area contributed by atoms with Crippen LogP contribution in [0.4, 0.5) is 16.6 Å². The van der Waals surface area contributed by atoms with E-state index in [1.54, 1.807) is 40.3 Å². The maximum Gasteiger partial charge on any atom is 0.323 e. The number of aromatic nitrogens is 5. The fraction of sp³-hybridized carbons (Fsp3) is 0.235. The van der Waals surface area contributed by atoms with Crippen LogP contribution in [0.3, 0.4) is 0 Å². The molecule has 1 saturated carbocycles. The van der Waals surface area contributed by atoms with Crippen LogP contribution in [0, 0.1) is 11.3 Å². The molecule has 0 aliphatic heterocycles. The molecule has 6 rings (SSSR count). The Morgan fingerprint density at radius 2 is 1.71 bits per heavy atom. The molecule has 10 nitrogen and oxygen atoms in total. The highest BCUT2D eigenvalue weighted by Gasteiger charge is 2.31. The van der Waals surface area contributed by atoms with Gasteiger partial charge in [-0.25, -0.2) is 19.7 Å². The maximum absolute atomic E-state index is 13.7. The molecule has 1 aliphatic carbocycles. The first-order valence-corrected chi connectivity index (χ1v) is 15.2. The molecule has 226 valence electrons. The second-order valence-electron chi connectivity index (χ2n) is 11.0. The zero-order chi connectivity index (χ0) is 31.2. The van der Waals surface area contributed by atoms with Crippen molar-refractivity contribution in [1.29, 1.82) is 5.26 Å². The van der Waals surface area contributed by atoms with E-state index in [1.165, 1.54) is 0 Å². The van der Waals surface area contributed by atoms with E-state index in [9.17, 15) is 10.1 Å². The molecular formula is C34H32ClN9O. The molecule has 1 aliphatic rings. The van der Waals surface area contributed by atoms with Crippen molar-refractivity contribution in [3.63, 3.8) is 0 Å². The van der Waals surface area contributed by atoms with Crippen molar-refractivity contribution in [3.05, 3.63) is 108 Å².